The van der Waals surface area contributed by atoms with Crippen LogP contribution in [0.4, 0.5) is 5.69 Å². The van der Waals surface area contributed by atoms with Crippen LogP contribution in [-0.4, -0.2) is 18.1 Å². The van der Waals surface area contributed by atoms with Gasteiger partial charge >= 0.3 is 5.97 Å². The van der Waals surface area contributed by atoms with Gasteiger partial charge in [0.2, 0.25) is 0 Å². The Morgan fingerprint density at radius 1 is 1.47 bits per heavy atom. The minimum atomic E-state index is -0.772. The van der Waals surface area contributed by atoms with E-state index in [9.17, 15) is 4.79 Å². The monoisotopic (exact) mass is 255 g/mol. The molecule has 0 atom stereocenters. The second-order valence-electron chi connectivity index (χ2n) is 4.38. The van der Waals surface area contributed by atoms with E-state index in [-0.39, 0.29) is 5.97 Å². The molecule has 1 N–H and O–H groups in total. The molecule has 0 aliphatic heterocycles. The molecule has 0 saturated heterocycles. The van der Waals surface area contributed by atoms with Gasteiger partial charge in [0.25, 0.3) is 0 Å². The van der Waals surface area contributed by atoms with E-state index < -0.39 is 5.54 Å². The van der Waals surface area contributed by atoms with Gasteiger partial charge < -0.3 is 10.1 Å². The van der Waals surface area contributed by atoms with Crippen molar-refractivity contribution in [2.75, 3.05) is 11.9 Å². The third-order valence-corrected chi connectivity index (χ3v) is 2.91. The lowest BCUT2D eigenvalue weighted by atomic mass is 10.0. The summed E-state index contributed by atoms with van der Waals surface area (Å²) in [5, 5.41) is 3.83. The fourth-order valence-electron chi connectivity index (χ4n) is 1.44. The summed E-state index contributed by atoms with van der Waals surface area (Å²) in [6, 6.07) is 5.56. The van der Waals surface area contributed by atoms with Crippen molar-refractivity contribution >= 4 is 23.3 Å². The quantitative estimate of drug-likeness (QED) is 0.838. The number of hydrogen-bond acceptors (Lipinski definition) is 3. The summed E-state index contributed by atoms with van der Waals surface area (Å²) in [6.07, 6.45) is 0. The molecule has 0 aromatic heterocycles. The zero-order chi connectivity index (χ0) is 13.1. The maximum absolute atomic E-state index is 11.7. The summed E-state index contributed by atoms with van der Waals surface area (Å²) in [7, 11) is 0. The third-order valence-electron chi connectivity index (χ3n) is 2.50. The van der Waals surface area contributed by atoms with E-state index in [0.717, 1.165) is 11.3 Å². The van der Waals surface area contributed by atoms with Crippen LogP contribution in [0.25, 0.3) is 0 Å². The van der Waals surface area contributed by atoms with E-state index in [0.29, 0.717) is 11.6 Å². The number of nitrogens with one attached hydrogen (secondary N) is 1. The topological polar surface area (TPSA) is 38.3 Å². The minimum absolute atomic E-state index is 0.278. The molecule has 17 heavy (non-hydrogen) atoms. The Morgan fingerprint density at radius 2 is 2.12 bits per heavy atom. The van der Waals surface area contributed by atoms with Crippen LogP contribution < -0.4 is 5.32 Å². The SMILES string of the molecule is CCOC(=O)C(C)(C)Nc1cccc(Cl)c1C. The van der Waals surface area contributed by atoms with Gasteiger partial charge in [0.1, 0.15) is 5.54 Å². The average Bonchev–Trinajstić information content (AvgIpc) is 2.25. The van der Waals surface area contributed by atoms with Gasteiger partial charge in [-0.15, -0.1) is 0 Å². The number of esters is 1. The van der Waals surface area contributed by atoms with Crippen molar-refractivity contribution < 1.29 is 9.53 Å². The summed E-state index contributed by atoms with van der Waals surface area (Å²) < 4.78 is 5.01. The van der Waals surface area contributed by atoms with Gasteiger partial charge in [0.15, 0.2) is 0 Å². The summed E-state index contributed by atoms with van der Waals surface area (Å²) in [4.78, 5) is 11.7. The van der Waals surface area contributed by atoms with Crippen molar-refractivity contribution in [2.24, 2.45) is 0 Å². The van der Waals surface area contributed by atoms with Crippen molar-refractivity contribution in [3.05, 3.63) is 28.8 Å². The van der Waals surface area contributed by atoms with Crippen LogP contribution in [0, 0.1) is 6.92 Å². The summed E-state index contributed by atoms with van der Waals surface area (Å²) in [5.74, 6) is -0.278. The van der Waals surface area contributed by atoms with Gasteiger partial charge in [0, 0.05) is 10.7 Å². The maximum Gasteiger partial charge on any atom is 0.331 e. The van der Waals surface area contributed by atoms with Crippen molar-refractivity contribution in [3.63, 3.8) is 0 Å². The normalized spacial score (nSPS) is 11.1. The first kappa shape index (κ1) is 13.8. The van der Waals surface area contributed by atoms with Crippen LogP contribution in [0.3, 0.4) is 0 Å². The van der Waals surface area contributed by atoms with Gasteiger partial charge in [-0.1, -0.05) is 17.7 Å². The highest BCUT2D eigenvalue weighted by Gasteiger charge is 2.29. The first-order valence-corrected chi connectivity index (χ1v) is 5.96. The second-order valence-corrected chi connectivity index (χ2v) is 4.79. The predicted octanol–water partition coefficient (Wildman–Crippen LogP) is 3.40. The third kappa shape index (κ3) is 3.37. The smallest absolute Gasteiger partial charge is 0.331 e. The van der Waals surface area contributed by atoms with E-state index in [1.807, 2.05) is 25.1 Å². The molecule has 1 aromatic rings. The van der Waals surface area contributed by atoms with Gasteiger partial charge in [-0.25, -0.2) is 4.79 Å². The molecule has 1 rings (SSSR count). The highest BCUT2D eigenvalue weighted by atomic mass is 35.5. The number of halogens is 1. The molecule has 0 heterocycles. The zero-order valence-corrected chi connectivity index (χ0v) is 11.4. The lowest BCUT2D eigenvalue weighted by Crippen LogP contribution is -2.41. The van der Waals surface area contributed by atoms with Gasteiger partial charge in [-0.3, -0.25) is 0 Å². The fraction of sp³-hybridized carbons (Fsp3) is 0.462. The van der Waals surface area contributed by atoms with E-state index in [1.165, 1.54) is 0 Å². The minimum Gasteiger partial charge on any atom is -0.464 e. The van der Waals surface area contributed by atoms with Crippen molar-refractivity contribution in [1.82, 2.24) is 0 Å². The predicted molar refractivity (Wildman–Crippen MR) is 70.5 cm³/mol. The van der Waals surface area contributed by atoms with Gasteiger partial charge in [-0.2, -0.15) is 0 Å². The second kappa shape index (κ2) is 5.41. The summed E-state index contributed by atoms with van der Waals surface area (Å²) in [5.41, 5.74) is 0.993. The van der Waals surface area contributed by atoms with Gasteiger partial charge in [0.05, 0.1) is 6.61 Å². The Morgan fingerprint density at radius 3 is 2.71 bits per heavy atom. The molecular formula is C13H18ClNO2. The van der Waals surface area contributed by atoms with E-state index in [4.69, 9.17) is 16.3 Å². The largest absolute Gasteiger partial charge is 0.464 e. The van der Waals surface area contributed by atoms with E-state index in [2.05, 4.69) is 5.32 Å². The summed E-state index contributed by atoms with van der Waals surface area (Å²) >= 11 is 6.03. The van der Waals surface area contributed by atoms with Crippen LogP contribution in [0.15, 0.2) is 18.2 Å². The molecule has 0 unspecified atom stereocenters. The highest BCUT2D eigenvalue weighted by molar-refractivity contribution is 6.31. The lowest BCUT2D eigenvalue weighted by molar-refractivity contribution is -0.147. The maximum atomic E-state index is 11.7. The molecular weight excluding hydrogens is 238 g/mol. The zero-order valence-electron chi connectivity index (χ0n) is 10.6. The highest BCUT2D eigenvalue weighted by Crippen LogP contribution is 2.26. The van der Waals surface area contributed by atoms with Crippen molar-refractivity contribution in [2.45, 2.75) is 33.2 Å². The standard InChI is InChI=1S/C13H18ClNO2/c1-5-17-12(16)13(3,4)15-11-8-6-7-10(14)9(11)2/h6-8,15H,5H2,1-4H3. The Labute approximate surface area is 107 Å². The molecule has 0 saturated carbocycles. The van der Waals surface area contributed by atoms with Crippen LogP contribution >= 0.6 is 11.6 Å². The van der Waals surface area contributed by atoms with Gasteiger partial charge in [-0.05, 0) is 45.4 Å². The van der Waals surface area contributed by atoms with Crippen LogP contribution in [0.2, 0.25) is 5.02 Å². The Bertz CT molecular complexity index is 416. The molecule has 1 aromatic carbocycles. The first-order chi connectivity index (χ1) is 7.88. The molecule has 0 amide bonds. The van der Waals surface area contributed by atoms with Crippen LogP contribution in [0.5, 0.6) is 0 Å². The number of hydrogen-bond donors (Lipinski definition) is 1. The number of rotatable bonds is 4. The number of benzene rings is 1. The number of carbonyl (C=O) groups excluding carboxylic acids is 1. The lowest BCUT2D eigenvalue weighted by Gasteiger charge is -2.26. The fourth-order valence-corrected chi connectivity index (χ4v) is 1.62. The molecule has 0 aliphatic rings. The summed E-state index contributed by atoms with van der Waals surface area (Å²) in [6.45, 7) is 7.64. The average molecular weight is 256 g/mol. The van der Waals surface area contributed by atoms with E-state index in [1.54, 1.807) is 20.8 Å². The molecule has 3 nitrogen and oxygen atoms in total. The molecule has 0 fully saturated rings. The molecule has 0 radical (unpaired) electrons. The number of carbonyl (C=O) groups is 1. The number of anilines is 1. The first-order valence-electron chi connectivity index (χ1n) is 5.59. The number of ether oxygens (including phenoxy) is 1. The van der Waals surface area contributed by atoms with E-state index >= 15 is 0 Å². The molecule has 0 bridgehead atoms. The molecule has 4 heteroatoms. The van der Waals surface area contributed by atoms with Crippen molar-refractivity contribution in [1.29, 1.82) is 0 Å². The Balaban J connectivity index is 2.90. The van der Waals surface area contributed by atoms with Crippen LogP contribution in [-0.2, 0) is 9.53 Å². The van der Waals surface area contributed by atoms with Crippen molar-refractivity contribution in [3.8, 4) is 0 Å². The molecule has 0 spiro atoms. The Hall–Kier alpha value is -1.22. The molecule has 94 valence electrons. The molecule has 0 aliphatic carbocycles. The van der Waals surface area contributed by atoms with Crippen LogP contribution in [0.1, 0.15) is 26.3 Å². The Kier molecular flexibility index (Phi) is 4.40.